The van der Waals surface area contributed by atoms with Gasteiger partial charge in [0.15, 0.2) is 9.84 Å². The third kappa shape index (κ3) is 18.1. The molecule has 0 spiro atoms. The number of Topliss-reactive ketones (excluding diaryl/α,β-unsaturated/α-hetero) is 8. The van der Waals surface area contributed by atoms with Crippen molar-refractivity contribution in [3.05, 3.63) is 54.1 Å². The minimum atomic E-state index is -3.88. The third-order valence-corrected chi connectivity index (χ3v) is 20.4. The van der Waals surface area contributed by atoms with Gasteiger partial charge in [0, 0.05) is 118 Å². The normalized spacial score (nSPS) is 25.0. The van der Waals surface area contributed by atoms with E-state index in [-0.39, 0.29) is 147 Å². The number of phenolic OH excluding ortho intramolecular Hbond substituents is 1. The average molecular weight is 1160 g/mol. The molecule has 82 heavy (non-hydrogen) atoms. The van der Waals surface area contributed by atoms with Crippen molar-refractivity contribution in [1.29, 1.82) is 0 Å². The van der Waals surface area contributed by atoms with Crippen LogP contribution in [0.2, 0.25) is 0 Å². The average Bonchev–Trinajstić information content (AvgIpc) is 4.15. The van der Waals surface area contributed by atoms with Gasteiger partial charge in [-0.05, 0) is 144 Å². The highest BCUT2D eigenvalue weighted by Gasteiger charge is 2.46. The lowest BCUT2D eigenvalue weighted by Gasteiger charge is -2.25. The van der Waals surface area contributed by atoms with Crippen molar-refractivity contribution in [2.24, 2.45) is 82.5 Å². The standard InChI is InChI=1S/C62H86N4O15S/c1-36(62(64)78)21-57(72)52-34-65-32-44(52)30-55(70)41(12-19-61(76)77)27-58(73)50-9-6-8-39(50)25-56(71)43(23-38-10-13-46(68)14-11-38)28-60(75)53-35-66-33-45(53)29-54(69)40(7-4-5-20-63)26-59(74)51-31-49(24-42(51)22-37(2)67)82(79,80)48-17-15-47(81-3)16-18-48/h10-11,13-18,36,39-45,49-53,65-66,68H,4-9,12,19-35,63H2,1-3H3,(H2,64,78)(H,76,77)/t36-,39?,40-,41-,42?,43-,44?,45?,49?,50?,51?,52?,53?/m0/s1. The van der Waals surface area contributed by atoms with E-state index in [1.807, 2.05) is 0 Å². The molecular formula is C62H86N4O15S. The highest BCUT2D eigenvalue weighted by molar-refractivity contribution is 7.92. The molecule has 0 bridgehead atoms. The molecule has 0 aromatic heterocycles. The Bertz CT molecular complexity index is 2730. The number of rotatable bonds is 36. The van der Waals surface area contributed by atoms with E-state index in [2.05, 4.69) is 10.6 Å². The number of phenols is 1. The number of amides is 1. The van der Waals surface area contributed by atoms with Gasteiger partial charge in [0.1, 0.15) is 57.8 Å². The summed E-state index contributed by atoms with van der Waals surface area (Å²) in [5.74, 6) is -10.6. The summed E-state index contributed by atoms with van der Waals surface area (Å²) in [5, 5.41) is 25.2. The second kappa shape index (κ2) is 30.6. The van der Waals surface area contributed by atoms with Crippen LogP contribution in [0.15, 0.2) is 53.4 Å². The van der Waals surface area contributed by atoms with E-state index < -0.39 is 98.0 Å². The van der Waals surface area contributed by atoms with Crippen molar-refractivity contribution >= 4 is 68.0 Å². The summed E-state index contributed by atoms with van der Waals surface area (Å²) in [6.07, 6.45) is 2.37. The lowest BCUT2D eigenvalue weighted by molar-refractivity contribution is -0.138. The van der Waals surface area contributed by atoms with Gasteiger partial charge in [0.25, 0.3) is 0 Å². The molecule has 9 unspecified atom stereocenters. The van der Waals surface area contributed by atoms with Gasteiger partial charge in [-0.15, -0.1) is 0 Å². The molecule has 450 valence electrons. The monoisotopic (exact) mass is 1160 g/mol. The maximum Gasteiger partial charge on any atom is 0.303 e. The van der Waals surface area contributed by atoms with Gasteiger partial charge in [-0.3, -0.25) is 43.2 Å². The first-order valence-electron chi connectivity index (χ1n) is 29.5. The van der Waals surface area contributed by atoms with Crippen molar-refractivity contribution in [3.8, 4) is 11.5 Å². The minimum absolute atomic E-state index is 0.0164. The smallest absolute Gasteiger partial charge is 0.303 e. The van der Waals surface area contributed by atoms with Gasteiger partial charge < -0.3 is 41.8 Å². The Morgan fingerprint density at radius 1 is 0.634 bits per heavy atom. The van der Waals surface area contributed by atoms with Crippen molar-refractivity contribution in [2.45, 2.75) is 146 Å². The van der Waals surface area contributed by atoms with E-state index in [1.165, 1.54) is 38.3 Å². The van der Waals surface area contributed by atoms with E-state index in [1.54, 1.807) is 31.2 Å². The lowest BCUT2D eigenvalue weighted by atomic mass is 9.76. The minimum Gasteiger partial charge on any atom is -0.508 e. The van der Waals surface area contributed by atoms with Crippen LogP contribution in [0, 0.1) is 71.0 Å². The van der Waals surface area contributed by atoms with E-state index in [9.17, 15) is 66.6 Å². The van der Waals surface area contributed by atoms with Gasteiger partial charge in [-0.25, -0.2) is 8.42 Å². The van der Waals surface area contributed by atoms with E-state index >= 15 is 0 Å². The van der Waals surface area contributed by atoms with Crippen molar-refractivity contribution in [2.75, 3.05) is 39.8 Å². The predicted molar refractivity (Wildman–Crippen MR) is 304 cm³/mol. The maximum absolute atomic E-state index is 14.7. The van der Waals surface area contributed by atoms with Gasteiger partial charge >= 0.3 is 5.97 Å². The molecule has 8 N–H and O–H groups in total. The van der Waals surface area contributed by atoms with Crippen LogP contribution in [0.1, 0.15) is 135 Å². The molecule has 19 nitrogen and oxygen atoms in total. The Hall–Kier alpha value is -5.83. The number of aliphatic carboxylic acids is 1. The molecule has 2 aliphatic heterocycles. The first-order valence-corrected chi connectivity index (χ1v) is 31.0. The predicted octanol–water partition coefficient (Wildman–Crippen LogP) is 5.56. The molecule has 2 aromatic carbocycles. The van der Waals surface area contributed by atoms with Crippen LogP contribution in [0.3, 0.4) is 0 Å². The molecule has 4 fully saturated rings. The summed E-state index contributed by atoms with van der Waals surface area (Å²) in [7, 11) is -2.41. The fraction of sp³-hybridized carbons (Fsp3) is 0.645. The number of hydrogen-bond donors (Lipinski definition) is 6. The number of ether oxygens (including phenoxy) is 1. The molecule has 2 heterocycles. The third-order valence-electron chi connectivity index (χ3n) is 18.2. The van der Waals surface area contributed by atoms with Gasteiger partial charge in [0.2, 0.25) is 5.91 Å². The highest BCUT2D eigenvalue weighted by Crippen LogP contribution is 2.43. The van der Waals surface area contributed by atoms with Crippen molar-refractivity contribution in [1.82, 2.24) is 10.6 Å². The summed E-state index contributed by atoms with van der Waals surface area (Å²) in [6, 6.07) is 12.4. The molecule has 2 aliphatic carbocycles. The number of aromatic hydroxyl groups is 1. The zero-order valence-corrected chi connectivity index (χ0v) is 48.7. The Balaban J connectivity index is 1.13. The fourth-order valence-electron chi connectivity index (χ4n) is 13.4. The topological polar surface area (TPSA) is 331 Å². The number of carbonyl (C=O) groups is 10. The summed E-state index contributed by atoms with van der Waals surface area (Å²) in [6.45, 7) is 4.62. The van der Waals surface area contributed by atoms with E-state index in [4.69, 9.17) is 16.2 Å². The molecule has 20 heteroatoms. The maximum atomic E-state index is 14.7. The Labute approximate surface area is 481 Å². The second-order valence-electron chi connectivity index (χ2n) is 24.1. The molecule has 0 radical (unpaired) electrons. The van der Waals surface area contributed by atoms with Crippen LogP contribution in [0.25, 0.3) is 0 Å². The summed E-state index contributed by atoms with van der Waals surface area (Å²) in [5.41, 5.74) is 11.9. The summed E-state index contributed by atoms with van der Waals surface area (Å²) >= 11 is 0. The number of nitrogens with one attached hydrogen (secondary N) is 2. The molecular weight excluding hydrogens is 1070 g/mol. The lowest BCUT2D eigenvalue weighted by Crippen LogP contribution is -2.33. The fourth-order valence-corrected chi connectivity index (χ4v) is 15.3. The number of unbranched alkanes of at least 4 members (excludes halogenated alkanes) is 1. The molecule has 13 atom stereocenters. The van der Waals surface area contributed by atoms with Crippen LogP contribution in [0.4, 0.5) is 0 Å². The number of ketones is 8. The second-order valence-corrected chi connectivity index (χ2v) is 26.3. The summed E-state index contributed by atoms with van der Waals surface area (Å²) < 4.78 is 33.0. The molecule has 2 saturated heterocycles. The Morgan fingerprint density at radius 2 is 1.17 bits per heavy atom. The van der Waals surface area contributed by atoms with E-state index in [0.717, 1.165) is 0 Å². The number of hydrogen-bond acceptors (Lipinski definition) is 17. The largest absolute Gasteiger partial charge is 0.508 e. The molecule has 1 amide bonds. The van der Waals surface area contributed by atoms with Gasteiger partial charge in [-0.2, -0.15) is 0 Å². The number of carbonyl (C=O) groups excluding carboxylic acids is 9. The number of primary amides is 1. The quantitative estimate of drug-likeness (QED) is 0.0455. The molecule has 2 aromatic rings. The number of sulfone groups is 1. The van der Waals surface area contributed by atoms with Crippen LogP contribution >= 0.6 is 0 Å². The van der Waals surface area contributed by atoms with Gasteiger partial charge in [0.05, 0.1) is 17.3 Å². The Morgan fingerprint density at radius 3 is 1.73 bits per heavy atom. The van der Waals surface area contributed by atoms with Gasteiger partial charge in [-0.1, -0.05) is 31.9 Å². The highest BCUT2D eigenvalue weighted by atomic mass is 32.2. The number of carboxylic acid groups (broad SMARTS) is 1. The number of methoxy groups -OCH3 is 1. The first kappa shape index (κ1) is 65.3. The van der Waals surface area contributed by atoms with Crippen molar-refractivity contribution < 1.29 is 71.3 Å². The first-order chi connectivity index (χ1) is 39.0. The number of nitrogens with two attached hydrogens (primary N) is 2. The number of carboxylic acids is 1. The van der Waals surface area contributed by atoms with Crippen molar-refractivity contribution in [3.63, 3.8) is 0 Å². The Kier molecular flexibility index (Phi) is 24.4. The molecule has 2 saturated carbocycles. The number of benzene rings is 2. The van der Waals surface area contributed by atoms with Crippen LogP contribution in [0.5, 0.6) is 11.5 Å². The van der Waals surface area contributed by atoms with Crippen LogP contribution in [-0.4, -0.2) is 122 Å². The SMILES string of the molecule is COc1ccc(S(=O)(=O)C2CC(CC(C)=O)C(C(=O)C[C@H](CCCCN)C(=O)CC3CNCC3C(=O)C[C@H](Cc3ccc(O)cc3)C(=O)CC3CCCC3C(=O)C[C@H](CCC(=O)O)C(=O)CC3CNCC3C(=O)C[C@H](C)C(N)=O)C2)cc1. The summed E-state index contributed by atoms with van der Waals surface area (Å²) in [4.78, 5) is 136. The molecule has 4 aliphatic rings. The van der Waals surface area contributed by atoms with Crippen LogP contribution < -0.4 is 26.8 Å². The zero-order valence-electron chi connectivity index (χ0n) is 47.9. The zero-order chi connectivity index (χ0) is 59.8. The van der Waals surface area contributed by atoms with E-state index in [0.29, 0.717) is 76.0 Å². The molecule has 6 rings (SSSR count). The van der Waals surface area contributed by atoms with Crippen LogP contribution in [-0.2, 0) is 64.2 Å².